The molecule has 0 spiro atoms. The maximum Gasteiger partial charge on any atom is 3.00 e. The smallest absolute Gasteiger partial charge is 0.750 e. The first kappa shape index (κ1) is 64.3. The summed E-state index contributed by atoms with van der Waals surface area (Å²) in [6, 6.07) is 0. The van der Waals surface area contributed by atoms with Crippen LogP contribution in [-0.2, 0) is 90.5 Å². The Balaban J connectivity index is -0.0000000169. The zero-order valence-electron chi connectivity index (χ0n) is 13.3. The molecule has 28 heavy (non-hydrogen) atoms. The summed E-state index contributed by atoms with van der Waals surface area (Å²) in [5.74, 6) is 0. The fraction of sp³-hybridized carbons (Fsp3) is 0. The van der Waals surface area contributed by atoms with Crippen LogP contribution in [-0.4, -0.2) is 79.9 Å². The zero-order chi connectivity index (χ0) is 21.5. The van der Waals surface area contributed by atoms with Gasteiger partial charge in [0.05, 0.1) is 68.2 Å². The molecule has 0 rings (SSSR count). The molecule has 0 amide bonds. The normalized spacial score (nSPS) is 13.3. The van der Waals surface area contributed by atoms with E-state index in [1.807, 2.05) is 0 Å². The van der Waals surface area contributed by atoms with Gasteiger partial charge in [0, 0.05) is 0 Å². The average Bonchev–Trinajstić information content (AvgIpc) is 2.08. The van der Waals surface area contributed by atoms with Gasteiger partial charge in [-0.25, -0.2) is 25.3 Å². The van der Waals surface area contributed by atoms with E-state index >= 15 is 0 Å². The first-order valence-electron chi connectivity index (χ1n) is 3.10. The van der Waals surface area contributed by atoms with E-state index in [2.05, 4.69) is 0 Å². The van der Waals surface area contributed by atoms with Crippen molar-refractivity contribution in [2.24, 2.45) is 0 Å². The summed E-state index contributed by atoms with van der Waals surface area (Å²) < 4.78 is 144. The summed E-state index contributed by atoms with van der Waals surface area (Å²) in [7, 11) is 0. The summed E-state index contributed by atoms with van der Waals surface area (Å²) in [4.78, 5) is 0. The molecule has 18 nitrogen and oxygen atoms in total. The minimum Gasteiger partial charge on any atom is -0.750 e. The molecule has 0 saturated carbocycles. The molecule has 0 saturated heterocycles. The van der Waals surface area contributed by atoms with E-state index in [0.717, 1.165) is 0 Å². The monoisotopic (exact) mass is 800 g/mol. The molecule has 6 unspecified atom stereocenters. The summed E-state index contributed by atoms with van der Waals surface area (Å²) >= 11 is -17.2. The Labute approximate surface area is 316 Å². The Morgan fingerprint density at radius 1 is 0.357 bits per heavy atom. The molecule has 0 bridgehead atoms. The van der Waals surface area contributed by atoms with Crippen LogP contribution in [0.25, 0.3) is 0 Å². The van der Waals surface area contributed by atoms with Crippen LogP contribution < -0.4 is 154 Å². The maximum atomic E-state index is 8.56. The Morgan fingerprint density at radius 3 is 0.357 bits per heavy atom. The molecule has 0 heterocycles. The second kappa shape index (κ2) is 58.7. The second-order valence-electron chi connectivity index (χ2n) is 1.30. The van der Waals surface area contributed by atoms with Gasteiger partial charge in [0.2, 0.25) is 0 Å². The van der Waals surface area contributed by atoms with Gasteiger partial charge in [-0.15, -0.1) is 0 Å². The molecule has 164 valence electrons. The molecule has 0 aromatic rings. The summed E-state index contributed by atoms with van der Waals surface area (Å²) in [6.07, 6.45) is 0. The molecule has 0 aliphatic heterocycles. The summed E-state index contributed by atoms with van der Waals surface area (Å²) in [5, 5.41) is 0. The van der Waals surface area contributed by atoms with Crippen LogP contribution in [0.3, 0.4) is 0 Å². The Morgan fingerprint density at radius 2 is 0.357 bits per heavy atom. The van der Waals surface area contributed by atoms with Crippen molar-refractivity contribution in [2.75, 3.05) is 0 Å². The van der Waals surface area contributed by atoms with E-state index in [1.54, 1.807) is 0 Å². The van der Waals surface area contributed by atoms with Gasteiger partial charge >= 0.3 is 177 Å². The molecule has 28 heteroatoms. The van der Waals surface area contributed by atoms with Crippen molar-refractivity contribution in [1.82, 2.24) is 0 Å². The Kier molecular flexibility index (Phi) is 135. The van der Waals surface area contributed by atoms with Gasteiger partial charge in [0.25, 0.3) is 0 Å². The van der Waals surface area contributed by atoms with Gasteiger partial charge in [-0.05, 0) is 0 Å². The molecular formula is H6AuK3O18S6. The van der Waals surface area contributed by atoms with E-state index in [1.165, 1.54) is 0 Å². The van der Waals surface area contributed by atoms with E-state index in [4.69, 9.17) is 79.9 Å². The molecule has 0 aliphatic carbocycles. The topological polar surface area (TPSA) is 362 Å². The van der Waals surface area contributed by atoms with Gasteiger partial charge in [-0.3, -0.25) is 0 Å². The number of rotatable bonds is 0. The van der Waals surface area contributed by atoms with Crippen molar-refractivity contribution >= 4 is 68.2 Å². The number of hydrogen-bond acceptors (Lipinski definition) is 12. The number of hydrogen-bond donors (Lipinski definition) is 6. The predicted octanol–water partition coefficient (Wildman–Crippen LogP) is -13.0. The summed E-state index contributed by atoms with van der Waals surface area (Å²) in [5.41, 5.74) is 0. The molecular weight excluding hydrogens is 795 g/mol. The van der Waals surface area contributed by atoms with Gasteiger partial charge in [-0.2, -0.15) is 0 Å². The molecule has 6 N–H and O–H groups in total. The van der Waals surface area contributed by atoms with E-state index < -0.39 is 68.2 Å². The molecule has 0 aromatic heterocycles. The quantitative estimate of drug-likeness (QED) is 0.0978. The average molecular weight is 801 g/mol. The molecule has 0 aromatic carbocycles. The van der Waals surface area contributed by atoms with Gasteiger partial charge in [-0.1, -0.05) is 0 Å². The zero-order valence-corrected chi connectivity index (χ0v) is 29.8. The van der Waals surface area contributed by atoms with Gasteiger partial charge < -0.3 is 54.6 Å². The van der Waals surface area contributed by atoms with Crippen LogP contribution in [0.1, 0.15) is 0 Å². The van der Waals surface area contributed by atoms with Crippen LogP contribution in [0.15, 0.2) is 0 Å². The van der Waals surface area contributed by atoms with Crippen LogP contribution in [0.2, 0.25) is 0 Å². The van der Waals surface area contributed by atoms with Crippen LogP contribution in [0.5, 0.6) is 0 Å². The largest absolute Gasteiger partial charge is 3.00 e. The standard InChI is InChI=1S/Au.3K.6H2O3S/c;;;;6*1-4(2)3/h;;;;6*(H2,1,2,3)/q+3;3*+1;;;;;;/p-6. The predicted molar refractivity (Wildman–Crippen MR) is 69.3 cm³/mol. The van der Waals surface area contributed by atoms with Crippen molar-refractivity contribution in [3.63, 3.8) is 0 Å². The maximum absolute atomic E-state index is 8.56. The first-order valence-corrected chi connectivity index (χ1v) is 9.29. The fourth-order valence-electron chi connectivity index (χ4n) is 0. The minimum absolute atomic E-state index is 0. The van der Waals surface area contributed by atoms with Gasteiger partial charge in [0.1, 0.15) is 0 Å². The summed E-state index contributed by atoms with van der Waals surface area (Å²) in [6.45, 7) is 0. The van der Waals surface area contributed by atoms with Crippen molar-refractivity contribution in [1.29, 1.82) is 0 Å². The SMILES string of the molecule is O=S([O-])O.O=S([O-])O.O=S([O-])O.O=S([O-])O.O=S([O-])O.O=S([O-])O.[Au+3].[K+].[K+].[K+]. The van der Waals surface area contributed by atoms with Crippen molar-refractivity contribution < 1.29 is 256 Å². The molecule has 0 aliphatic rings. The van der Waals surface area contributed by atoms with E-state index in [-0.39, 0.29) is 177 Å². The first-order chi connectivity index (χ1) is 10.4. The second-order valence-corrected chi connectivity index (χ2v) is 3.91. The Hall–Kier alpha value is 6.07. The molecule has 6 atom stereocenters. The van der Waals surface area contributed by atoms with Crippen LogP contribution in [0.4, 0.5) is 0 Å². The van der Waals surface area contributed by atoms with Crippen LogP contribution in [0, 0.1) is 0 Å². The molecule has 0 radical (unpaired) electrons. The van der Waals surface area contributed by atoms with Crippen molar-refractivity contribution in [3.05, 3.63) is 0 Å². The molecule has 0 fully saturated rings. The third-order valence-corrected chi connectivity index (χ3v) is 0. The minimum atomic E-state index is -2.86. The Bertz CT molecular complexity index is 270. The van der Waals surface area contributed by atoms with Crippen molar-refractivity contribution in [3.8, 4) is 0 Å². The van der Waals surface area contributed by atoms with Gasteiger partial charge in [0.15, 0.2) is 0 Å². The third-order valence-electron chi connectivity index (χ3n) is 0. The fourth-order valence-corrected chi connectivity index (χ4v) is 0. The van der Waals surface area contributed by atoms with E-state index in [0.29, 0.717) is 0 Å². The van der Waals surface area contributed by atoms with Crippen LogP contribution >= 0.6 is 0 Å². The third kappa shape index (κ3) is 840. The van der Waals surface area contributed by atoms with Crippen molar-refractivity contribution in [2.45, 2.75) is 0 Å². The van der Waals surface area contributed by atoms with E-state index in [9.17, 15) is 0 Å².